The van der Waals surface area contributed by atoms with Crippen LogP contribution in [0.25, 0.3) is 10.9 Å². The first-order valence-electron chi connectivity index (χ1n) is 13.8. The molecule has 11 heteroatoms. The van der Waals surface area contributed by atoms with E-state index >= 15 is 0 Å². The molecule has 0 aliphatic carbocycles. The third-order valence-electron chi connectivity index (χ3n) is 7.01. The number of carboxylic acids is 1. The Kier molecular flexibility index (Phi) is 11.3. The Balaban J connectivity index is 1.81. The minimum Gasteiger partial charge on any atom is -0.480 e. The van der Waals surface area contributed by atoms with Crippen molar-refractivity contribution in [2.45, 2.75) is 83.0 Å². The number of aromatic amines is 1. The van der Waals surface area contributed by atoms with Gasteiger partial charge in [0.25, 0.3) is 0 Å². The van der Waals surface area contributed by atoms with E-state index in [0.29, 0.717) is 32.2 Å². The van der Waals surface area contributed by atoms with Crippen molar-refractivity contribution in [2.24, 2.45) is 11.7 Å². The molecule has 1 aromatic heterocycles. The maximum Gasteiger partial charge on any atom is 0.326 e. The summed E-state index contributed by atoms with van der Waals surface area (Å²) in [6.45, 7) is 5.09. The van der Waals surface area contributed by atoms with E-state index in [1.807, 2.05) is 38.1 Å². The van der Waals surface area contributed by atoms with E-state index in [1.54, 1.807) is 6.20 Å². The van der Waals surface area contributed by atoms with Crippen molar-refractivity contribution in [3.05, 3.63) is 36.0 Å². The zero-order valence-electron chi connectivity index (χ0n) is 22.8. The molecule has 4 atom stereocenters. The van der Waals surface area contributed by atoms with Gasteiger partial charge < -0.3 is 37.1 Å². The molecular weight excluding hydrogens is 500 g/mol. The molecule has 1 aliphatic rings. The largest absolute Gasteiger partial charge is 0.480 e. The van der Waals surface area contributed by atoms with Gasteiger partial charge in [0.1, 0.15) is 18.1 Å². The number of para-hydroxylation sites is 1. The quantitative estimate of drug-likeness (QED) is 0.165. The van der Waals surface area contributed by atoms with Crippen LogP contribution >= 0.6 is 0 Å². The molecule has 1 aromatic carbocycles. The van der Waals surface area contributed by atoms with E-state index in [0.717, 1.165) is 29.4 Å². The second-order valence-electron chi connectivity index (χ2n) is 10.6. The molecule has 2 aromatic rings. The zero-order chi connectivity index (χ0) is 28.4. The molecule has 0 bridgehead atoms. The lowest BCUT2D eigenvalue weighted by Gasteiger charge is -2.26. The molecule has 2 heterocycles. The van der Waals surface area contributed by atoms with Gasteiger partial charge in [-0.2, -0.15) is 0 Å². The average Bonchev–Trinajstić information content (AvgIpc) is 3.58. The van der Waals surface area contributed by atoms with Gasteiger partial charge >= 0.3 is 5.97 Å². The number of H-pyrrole nitrogens is 1. The Bertz CT molecular complexity index is 1130. The fraction of sp³-hybridized carbons (Fsp3) is 0.571. The van der Waals surface area contributed by atoms with E-state index < -0.39 is 35.9 Å². The number of unbranched alkanes of at least 4 members (excludes halogenated alkanes) is 1. The third kappa shape index (κ3) is 8.79. The standard InChI is InChI=1S/C28H42N6O5/c1-17(2)14-23(33-25(35)21-11-7-13-30-21)26(36)34-24(15-18-16-31-20-9-4-3-8-19(18)20)27(37)32-22(28(38)39)10-5-6-12-29/h3-4,8-9,16-17,21-24,30-31H,5-7,10-15,29H2,1-2H3,(H,32,37)(H,33,35)(H,34,36)(H,38,39). The second-order valence-corrected chi connectivity index (χ2v) is 10.6. The van der Waals surface area contributed by atoms with Crippen LogP contribution in [-0.2, 0) is 25.6 Å². The molecule has 4 unspecified atom stereocenters. The molecule has 0 spiro atoms. The van der Waals surface area contributed by atoms with Gasteiger partial charge in [0.05, 0.1) is 6.04 Å². The minimum absolute atomic E-state index is 0.109. The highest BCUT2D eigenvalue weighted by Crippen LogP contribution is 2.20. The number of aromatic nitrogens is 1. The van der Waals surface area contributed by atoms with Gasteiger partial charge in [0.15, 0.2) is 0 Å². The fourth-order valence-corrected chi connectivity index (χ4v) is 4.91. The SMILES string of the molecule is CC(C)CC(NC(=O)C1CCCN1)C(=O)NC(Cc1c[nH]c2ccccc12)C(=O)NC(CCCCN)C(=O)O. The number of carbonyl (C=O) groups is 4. The highest BCUT2D eigenvalue weighted by atomic mass is 16.4. The molecule has 1 fully saturated rings. The number of nitrogens with one attached hydrogen (secondary N) is 5. The van der Waals surface area contributed by atoms with Crippen molar-refractivity contribution in [2.75, 3.05) is 13.1 Å². The summed E-state index contributed by atoms with van der Waals surface area (Å²) in [5, 5.41) is 22.0. The summed E-state index contributed by atoms with van der Waals surface area (Å²) < 4.78 is 0. The second kappa shape index (κ2) is 14.6. The maximum absolute atomic E-state index is 13.5. The van der Waals surface area contributed by atoms with Crippen LogP contribution in [0, 0.1) is 5.92 Å². The lowest BCUT2D eigenvalue weighted by atomic mass is 10.00. The van der Waals surface area contributed by atoms with Crippen LogP contribution in [0.1, 0.15) is 57.9 Å². The van der Waals surface area contributed by atoms with Gasteiger partial charge in [-0.15, -0.1) is 0 Å². The predicted molar refractivity (Wildman–Crippen MR) is 149 cm³/mol. The van der Waals surface area contributed by atoms with Gasteiger partial charge in [-0.3, -0.25) is 14.4 Å². The van der Waals surface area contributed by atoms with Gasteiger partial charge in [0, 0.05) is 23.5 Å². The molecule has 11 nitrogen and oxygen atoms in total. The number of rotatable bonds is 15. The number of carbonyl (C=O) groups excluding carboxylic acids is 3. The smallest absolute Gasteiger partial charge is 0.326 e. The first-order valence-corrected chi connectivity index (χ1v) is 13.8. The van der Waals surface area contributed by atoms with Crippen LogP contribution in [0.3, 0.4) is 0 Å². The Morgan fingerprint density at radius 1 is 1.03 bits per heavy atom. The summed E-state index contributed by atoms with van der Waals surface area (Å²) in [7, 11) is 0. The molecule has 39 heavy (non-hydrogen) atoms. The van der Waals surface area contributed by atoms with Crippen molar-refractivity contribution in [3.63, 3.8) is 0 Å². The summed E-state index contributed by atoms with van der Waals surface area (Å²) in [6, 6.07) is 4.27. The predicted octanol–water partition coefficient (Wildman–Crippen LogP) is 1.18. The molecule has 0 radical (unpaired) electrons. The van der Waals surface area contributed by atoms with Crippen molar-refractivity contribution in [3.8, 4) is 0 Å². The molecule has 0 saturated carbocycles. The van der Waals surface area contributed by atoms with Gasteiger partial charge in [-0.25, -0.2) is 4.79 Å². The molecular formula is C28H42N6O5. The van der Waals surface area contributed by atoms with Crippen molar-refractivity contribution in [1.29, 1.82) is 0 Å². The van der Waals surface area contributed by atoms with Crippen LogP contribution in [-0.4, -0.2) is 71.0 Å². The topological polar surface area (TPSA) is 178 Å². The highest BCUT2D eigenvalue weighted by Gasteiger charge is 2.32. The van der Waals surface area contributed by atoms with E-state index in [1.165, 1.54) is 0 Å². The zero-order valence-corrected chi connectivity index (χ0v) is 22.8. The summed E-state index contributed by atoms with van der Waals surface area (Å²) in [5.41, 5.74) is 7.23. The number of benzene rings is 1. The van der Waals surface area contributed by atoms with Gasteiger partial charge in [-0.1, -0.05) is 32.0 Å². The number of nitrogens with two attached hydrogens (primary N) is 1. The summed E-state index contributed by atoms with van der Waals surface area (Å²) in [5.74, 6) is -2.35. The fourth-order valence-electron chi connectivity index (χ4n) is 4.91. The molecule has 1 saturated heterocycles. The van der Waals surface area contributed by atoms with Crippen LogP contribution in [0.4, 0.5) is 0 Å². The third-order valence-corrected chi connectivity index (χ3v) is 7.01. The Labute approximate surface area is 229 Å². The van der Waals surface area contributed by atoms with Gasteiger partial charge in [0.2, 0.25) is 17.7 Å². The Morgan fingerprint density at radius 2 is 1.74 bits per heavy atom. The lowest BCUT2D eigenvalue weighted by molar-refractivity contribution is -0.142. The normalized spacial score (nSPS) is 17.5. The number of hydrogen-bond donors (Lipinski definition) is 7. The Morgan fingerprint density at radius 3 is 2.41 bits per heavy atom. The highest BCUT2D eigenvalue weighted by molar-refractivity contribution is 5.95. The number of amides is 3. The van der Waals surface area contributed by atoms with E-state index in [4.69, 9.17) is 5.73 Å². The van der Waals surface area contributed by atoms with Crippen molar-refractivity contribution >= 4 is 34.6 Å². The van der Waals surface area contributed by atoms with Crippen molar-refractivity contribution < 1.29 is 24.3 Å². The molecule has 1 aliphatic heterocycles. The maximum atomic E-state index is 13.5. The molecule has 3 rings (SSSR count). The molecule has 214 valence electrons. The average molecular weight is 543 g/mol. The Hall–Kier alpha value is -3.44. The van der Waals surface area contributed by atoms with Crippen LogP contribution in [0.15, 0.2) is 30.5 Å². The van der Waals surface area contributed by atoms with E-state index in [-0.39, 0.29) is 30.7 Å². The summed E-state index contributed by atoms with van der Waals surface area (Å²) in [6.07, 6.45) is 5.33. The number of hydrogen-bond acceptors (Lipinski definition) is 6. The minimum atomic E-state index is -1.15. The number of carboxylic acid groups (broad SMARTS) is 1. The van der Waals surface area contributed by atoms with Crippen LogP contribution in [0.5, 0.6) is 0 Å². The first kappa shape index (κ1) is 30.1. The first-order chi connectivity index (χ1) is 18.7. The number of fused-ring (bicyclic) bond motifs is 1. The van der Waals surface area contributed by atoms with E-state index in [9.17, 15) is 24.3 Å². The van der Waals surface area contributed by atoms with Crippen molar-refractivity contribution in [1.82, 2.24) is 26.3 Å². The summed E-state index contributed by atoms with van der Waals surface area (Å²) >= 11 is 0. The van der Waals surface area contributed by atoms with Gasteiger partial charge in [-0.05, 0) is 69.2 Å². The molecule has 3 amide bonds. The summed E-state index contributed by atoms with van der Waals surface area (Å²) in [4.78, 5) is 54.8. The molecule has 8 N–H and O–H groups in total. The van der Waals surface area contributed by atoms with E-state index in [2.05, 4.69) is 26.3 Å². The van der Waals surface area contributed by atoms with Crippen LogP contribution < -0.4 is 27.0 Å². The monoisotopic (exact) mass is 542 g/mol. The number of aliphatic carboxylic acids is 1. The lowest BCUT2D eigenvalue weighted by Crippen LogP contribution is -2.57. The van der Waals surface area contributed by atoms with Crippen LogP contribution in [0.2, 0.25) is 0 Å².